The maximum atomic E-state index is 12.6. The van der Waals surface area contributed by atoms with Crippen molar-refractivity contribution in [3.05, 3.63) is 29.9 Å². The maximum absolute atomic E-state index is 12.6. The fraction of sp³-hybridized carbons (Fsp3) is 0.529. The molecule has 1 aliphatic rings. The molecular weight excluding hydrogens is 310 g/mol. The van der Waals surface area contributed by atoms with Crippen molar-refractivity contribution >= 4 is 17.7 Å². The minimum atomic E-state index is -0.0160. The molecule has 0 aromatic carbocycles. The van der Waals surface area contributed by atoms with Crippen LogP contribution in [0.2, 0.25) is 0 Å². The van der Waals surface area contributed by atoms with E-state index in [1.54, 1.807) is 18.0 Å². The van der Waals surface area contributed by atoms with Crippen LogP contribution in [-0.4, -0.2) is 38.8 Å². The predicted octanol–water partition coefficient (Wildman–Crippen LogP) is 3.78. The number of carbonyl (C=O) groups is 1. The van der Waals surface area contributed by atoms with E-state index in [4.69, 9.17) is 4.42 Å². The van der Waals surface area contributed by atoms with Gasteiger partial charge in [-0.25, -0.2) is 4.98 Å². The Kier molecular flexibility index (Phi) is 4.80. The van der Waals surface area contributed by atoms with Gasteiger partial charge in [-0.3, -0.25) is 4.79 Å². The number of carbonyl (C=O) groups excluding carboxylic acids is 1. The zero-order chi connectivity index (χ0) is 16.4. The number of nitrogens with one attached hydrogen (secondary N) is 1. The van der Waals surface area contributed by atoms with Gasteiger partial charge in [0.05, 0.1) is 17.5 Å². The van der Waals surface area contributed by atoms with Crippen LogP contribution >= 0.6 is 11.8 Å². The number of nitrogens with zero attached hydrogens (tertiary/aromatic N) is 2. The molecule has 5 nitrogen and oxygen atoms in total. The molecular formula is C17H23N3O2S. The van der Waals surface area contributed by atoms with Crippen molar-refractivity contribution in [2.24, 2.45) is 0 Å². The third-order valence-electron chi connectivity index (χ3n) is 4.40. The smallest absolute Gasteiger partial charge is 0.236 e. The van der Waals surface area contributed by atoms with Gasteiger partial charge < -0.3 is 14.3 Å². The van der Waals surface area contributed by atoms with E-state index >= 15 is 0 Å². The van der Waals surface area contributed by atoms with Crippen molar-refractivity contribution < 1.29 is 9.21 Å². The lowest BCUT2D eigenvalue weighted by molar-refractivity contribution is -0.134. The molecule has 0 aliphatic carbocycles. The second-order valence-corrected chi connectivity index (χ2v) is 7.19. The Labute approximate surface area is 140 Å². The number of imidazole rings is 1. The molecule has 2 aromatic rings. The lowest BCUT2D eigenvalue weighted by atomic mass is 10.0. The number of H-pyrrole nitrogens is 1. The molecule has 124 valence electrons. The van der Waals surface area contributed by atoms with Gasteiger partial charge >= 0.3 is 0 Å². The van der Waals surface area contributed by atoms with Gasteiger partial charge in [-0.05, 0) is 51.5 Å². The molecule has 2 unspecified atom stereocenters. The number of piperidine rings is 1. The van der Waals surface area contributed by atoms with Gasteiger partial charge in [0, 0.05) is 6.54 Å². The first kappa shape index (κ1) is 16.2. The molecule has 1 N–H and O–H groups in total. The molecule has 1 aliphatic heterocycles. The second-order valence-electron chi connectivity index (χ2n) is 6.01. The number of aryl methyl sites for hydroxylation is 1. The van der Waals surface area contributed by atoms with Gasteiger partial charge in [-0.1, -0.05) is 0 Å². The van der Waals surface area contributed by atoms with E-state index in [2.05, 4.69) is 9.97 Å². The Morgan fingerprint density at radius 3 is 3.00 bits per heavy atom. The summed E-state index contributed by atoms with van der Waals surface area (Å²) in [7, 11) is 0. The van der Waals surface area contributed by atoms with Crippen molar-refractivity contribution in [2.45, 2.75) is 44.4 Å². The molecule has 0 spiro atoms. The number of amides is 1. The Hall–Kier alpha value is -1.69. The molecule has 2 atom stereocenters. The van der Waals surface area contributed by atoms with Gasteiger partial charge in [0.25, 0.3) is 0 Å². The highest BCUT2D eigenvalue weighted by molar-refractivity contribution is 7.99. The molecule has 3 rings (SSSR count). The third kappa shape index (κ3) is 3.32. The van der Waals surface area contributed by atoms with E-state index < -0.39 is 0 Å². The Morgan fingerprint density at radius 2 is 2.30 bits per heavy atom. The predicted molar refractivity (Wildman–Crippen MR) is 92.3 cm³/mol. The minimum absolute atomic E-state index is 0.0160. The van der Waals surface area contributed by atoms with Gasteiger partial charge in [-0.15, -0.1) is 0 Å². The van der Waals surface area contributed by atoms with E-state index in [1.165, 1.54) is 0 Å². The summed E-state index contributed by atoms with van der Waals surface area (Å²) in [6, 6.07) is 3.91. The highest BCUT2D eigenvalue weighted by Gasteiger charge is 2.32. The number of likely N-dealkylation sites (tertiary alicyclic amines) is 1. The van der Waals surface area contributed by atoms with Crippen LogP contribution in [0.25, 0.3) is 11.5 Å². The molecule has 0 bridgehead atoms. The molecule has 23 heavy (non-hydrogen) atoms. The summed E-state index contributed by atoms with van der Waals surface area (Å²) in [5.74, 6) is 2.72. The van der Waals surface area contributed by atoms with E-state index in [0.717, 1.165) is 48.8 Å². The SMILES string of the molecule is CSC(C)C(=O)N1CCCCC1c1ncc(-c2ccc(C)o2)[nH]1. The van der Waals surface area contributed by atoms with Crippen LogP contribution in [-0.2, 0) is 4.79 Å². The van der Waals surface area contributed by atoms with Crippen LogP contribution in [0.15, 0.2) is 22.7 Å². The normalized spacial score (nSPS) is 19.8. The summed E-state index contributed by atoms with van der Waals surface area (Å²) in [4.78, 5) is 22.5. The summed E-state index contributed by atoms with van der Waals surface area (Å²) in [5, 5.41) is -0.0160. The monoisotopic (exact) mass is 333 g/mol. The highest BCUT2D eigenvalue weighted by Crippen LogP contribution is 2.32. The van der Waals surface area contributed by atoms with Gasteiger partial charge in [0.2, 0.25) is 5.91 Å². The third-order valence-corrected chi connectivity index (χ3v) is 5.31. The zero-order valence-electron chi connectivity index (χ0n) is 13.8. The van der Waals surface area contributed by atoms with Gasteiger partial charge in [0.15, 0.2) is 5.76 Å². The van der Waals surface area contributed by atoms with Crippen molar-refractivity contribution in [2.75, 3.05) is 12.8 Å². The molecule has 1 amide bonds. The van der Waals surface area contributed by atoms with E-state index in [9.17, 15) is 4.79 Å². The first-order valence-corrected chi connectivity index (χ1v) is 9.34. The number of hydrogen-bond donors (Lipinski definition) is 1. The Bertz CT molecular complexity index is 679. The minimum Gasteiger partial charge on any atom is -0.460 e. The molecule has 1 fully saturated rings. The number of thioether (sulfide) groups is 1. The summed E-state index contributed by atoms with van der Waals surface area (Å²) >= 11 is 1.59. The van der Waals surface area contributed by atoms with Crippen LogP contribution in [0.4, 0.5) is 0 Å². The van der Waals surface area contributed by atoms with Crippen molar-refractivity contribution in [3.8, 4) is 11.5 Å². The van der Waals surface area contributed by atoms with E-state index in [-0.39, 0.29) is 17.2 Å². The number of aromatic amines is 1. The van der Waals surface area contributed by atoms with Gasteiger partial charge in [0.1, 0.15) is 17.3 Å². The molecule has 0 radical (unpaired) electrons. The summed E-state index contributed by atoms with van der Waals surface area (Å²) in [5.41, 5.74) is 0.865. The van der Waals surface area contributed by atoms with E-state index in [0.29, 0.717) is 0 Å². The standard InChI is InChI=1S/C17H23N3O2S/c1-11-7-8-15(22-11)13-10-18-16(19-13)14-6-4-5-9-20(14)17(21)12(2)23-3/h7-8,10,12,14H,4-6,9H2,1-3H3,(H,18,19). The molecule has 2 aromatic heterocycles. The van der Waals surface area contributed by atoms with Crippen LogP contribution in [0, 0.1) is 6.92 Å². The summed E-state index contributed by atoms with van der Waals surface area (Å²) in [6.45, 7) is 4.70. The lowest BCUT2D eigenvalue weighted by Gasteiger charge is -2.36. The van der Waals surface area contributed by atoms with Gasteiger partial charge in [-0.2, -0.15) is 11.8 Å². The molecule has 1 saturated heterocycles. The Morgan fingerprint density at radius 1 is 1.48 bits per heavy atom. The van der Waals surface area contributed by atoms with E-state index in [1.807, 2.05) is 37.1 Å². The summed E-state index contributed by atoms with van der Waals surface area (Å²) in [6.07, 6.45) is 6.91. The zero-order valence-corrected chi connectivity index (χ0v) is 14.7. The molecule has 3 heterocycles. The number of aromatic nitrogens is 2. The van der Waals surface area contributed by atoms with Crippen molar-refractivity contribution in [1.82, 2.24) is 14.9 Å². The molecule has 0 saturated carbocycles. The average molecular weight is 333 g/mol. The largest absolute Gasteiger partial charge is 0.460 e. The van der Waals surface area contributed by atoms with Crippen molar-refractivity contribution in [3.63, 3.8) is 0 Å². The number of hydrogen-bond acceptors (Lipinski definition) is 4. The fourth-order valence-corrected chi connectivity index (χ4v) is 3.36. The summed E-state index contributed by atoms with van der Waals surface area (Å²) < 4.78 is 5.65. The second kappa shape index (κ2) is 6.83. The lowest BCUT2D eigenvalue weighted by Crippen LogP contribution is -2.42. The highest BCUT2D eigenvalue weighted by atomic mass is 32.2. The van der Waals surface area contributed by atoms with Crippen LogP contribution in [0.1, 0.15) is 43.8 Å². The van der Waals surface area contributed by atoms with Crippen LogP contribution < -0.4 is 0 Å². The van der Waals surface area contributed by atoms with Crippen LogP contribution in [0.5, 0.6) is 0 Å². The van der Waals surface area contributed by atoms with Crippen molar-refractivity contribution in [1.29, 1.82) is 0 Å². The first-order chi connectivity index (χ1) is 11.1. The molecule has 6 heteroatoms. The fourth-order valence-electron chi connectivity index (χ4n) is 3.02. The number of furan rings is 1. The quantitative estimate of drug-likeness (QED) is 0.925. The maximum Gasteiger partial charge on any atom is 0.236 e. The Balaban J connectivity index is 1.83. The average Bonchev–Trinajstić information content (AvgIpc) is 3.22. The topological polar surface area (TPSA) is 62.1 Å². The van der Waals surface area contributed by atoms with Crippen LogP contribution in [0.3, 0.4) is 0 Å². The number of rotatable bonds is 4. The first-order valence-electron chi connectivity index (χ1n) is 8.05.